The third-order valence-electron chi connectivity index (χ3n) is 2.27. The first kappa shape index (κ1) is 9.52. The zero-order chi connectivity index (χ0) is 10.8. The van der Waals surface area contributed by atoms with Crippen LogP contribution in [0.5, 0.6) is 0 Å². The third-order valence-corrected chi connectivity index (χ3v) is 2.27. The highest BCUT2D eigenvalue weighted by atomic mass is 16.4. The molecule has 0 atom stereocenters. The van der Waals surface area contributed by atoms with Gasteiger partial charge in [-0.05, 0) is 12.5 Å². The molecular weight excluding hydrogens is 192 g/mol. The van der Waals surface area contributed by atoms with Gasteiger partial charge >= 0.3 is 5.97 Å². The average Bonchev–Trinajstić information content (AvgIpc) is 2.61. The molecule has 1 heterocycles. The highest BCUT2D eigenvalue weighted by Crippen LogP contribution is 2.27. The Morgan fingerprint density at radius 1 is 1.27 bits per heavy atom. The maximum absolute atomic E-state index is 11.0. The van der Waals surface area contributed by atoms with Gasteiger partial charge in [-0.1, -0.05) is 30.3 Å². The number of carbonyl (C=O) groups is 1. The number of carboxylic acid groups (broad SMARTS) is 1. The van der Waals surface area contributed by atoms with Crippen LogP contribution in [-0.4, -0.2) is 11.1 Å². The topological polar surface area (TPSA) is 50.4 Å². The van der Waals surface area contributed by atoms with Crippen LogP contribution in [0.4, 0.5) is 0 Å². The normalized spacial score (nSPS) is 10.2. The Kier molecular flexibility index (Phi) is 2.29. The fraction of sp³-hybridized carbons (Fsp3) is 0.0833. The Bertz CT molecular complexity index is 483. The van der Waals surface area contributed by atoms with Gasteiger partial charge in [0.15, 0.2) is 0 Å². The van der Waals surface area contributed by atoms with E-state index in [1.807, 2.05) is 30.3 Å². The van der Waals surface area contributed by atoms with Gasteiger partial charge in [-0.25, -0.2) is 4.79 Å². The number of aromatic carboxylic acids is 1. The maximum Gasteiger partial charge on any atom is 0.339 e. The molecule has 0 saturated heterocycles. The molecule has 0 amide bonds. The molecule has 0 radical (unpaired) electrons. The second-order valence-electron chi connectivity index (χ2n) is 3.25. The zero-order valence-electron chi connectivity index (χ0n) is 8.23. The van der Waals surface area contributed by atoms with Crippen molar-refractivity contribution in [3.8, 4) is 11.1 Å². The molecule has 0 fully saturated rings. The van der Waals surface area contributed by atoms with Crippen LogP contribution in [0.25, 0.3) is 11.1 Å². The number of hydrogen-bond acceptors (Lipinski definition) is 2. The Labute approximate surface area is 87.0 Å². The Balaban J connectivity index is 2.59. The zero-order valence-corrected chi connectivity index (χ0v) is 8.23. The van der Waals surface area contributed by atoms with Crippen molar-refractivity contribution in [1.82, 2.24) is 0 Å². The van der Waals surface area contributed by atoms with Crippen molar-refractivity contribution in [2.24, 2.45) is 0 Å². The summed E-state index contributed by atoms with van der Waals surface area (Å²) in [6.07, 6.45) is 1.48. The predicted molar refractivity (Wildman–Crippen MR) is 55.8 cm³/mol. The molecule has 3 nitrogen and oxygen atoms in total. The second-order valence-corrected chi connectivity index (χ2v) is 3.25. The highest BCUT2D eigenvalue weighted by Gasteiger charge is 2.17. The van der Waals surface area contributed by atoms with Crippen molar-refractivity contribution < 1.29 is 14.3 Å². The van der Waals surface area contributed by atoms with Gasteiger partial charge < -0.3 is 9.52 Å². The van der Waals surface area contributed by atoms with E-state index in [0.717, 1.165) is 5.56 Å². The molecule has 1 aromatic heterocycles. The second kappa shape index (κ2) is 3.61. The Morgan fingerprint density at radius 2 is 1.93 bits per heavy atom. The summed E-state index contributed by atoms with van der Waals surface area (Å²) in [7, 11) is 0. The monoisotopic (exact) mass is 202 g/mol. The van der Waals surface area contributed by atoms with Crippen molar-refractivity contribution in [1.29, 1.82) is 0 Å². The van der Waals surface area contributed by atoms with Gasteiger partial charge in [0, 0.05) is 5.56 Å². The summed E-state index contributed by atoms with van der Waals surface area (Å²) < 4.78 is 5.13. The minimum absolute atomic E-state index is 0.237. The summed E-state index contributed by atoms with van der Waals surface area (Å²) in [4.78, 5) is 11.0. The lowest BCUT2D eigenvalue weighted by Gasteiger charge is -1.98. The first-order valence-electron chi connectivity index (χ1n) is 4.57. The smallest absolute Gasteiger partial charge is 0.339 e. The lowest BCUT2D eigenvalue weighted by Crippen LogP contribution is -1.98. The number of hydrogen-bond donors (Lipinski definition) is 1. The molecule has 1 aromatic carbocycles. The van der Waals surface area contributed by atoms with Gasteiger partial charge in [0.2, 0.25) is 0 Å². The van der Waals surface area contributed by atoms with Crippen molar-refractivity contribution in [3.63, 3.8) is 0 Å². The Morgan fingerprint density at radius 3 is 2.53 bits per heavy atom. The molecule has 2 rings (SSSR count). The number of carboxylic acids is 1. The van der Waals surface area contributed by atoms with E-state index >= 15 is 0 Å². The summed E-state index contributed by atoms with van der Waals surface area (Å²) in [5.74, 6) is -0.526. The van der Waals surface area contributed by atoms with E-state index in [4.69, 9.17) is 9.52 Å². The largest absolute Gasteiger partial charge is 0.478 e. The molecule has 0 bridgehead atoms. The first-order chi connectivity index (χ1) is 7.20. The number of benzene rings is 1. The van der Waals surface area contributed by atoms with Crippen molar-refractivity contribution in [2.45, 2.75) is 6.92 Å². The van der Waals surface area contributed by atoms with E-state index in [9.17, 15) is 4.79 Å². The summed E-state index contributed by atoms with van der Waals surface area (Å²) in [6, 6.07) is 9.33. The van der Waals surface area contributed by atoms with E-state index in [0.29, 0.717) is 11.3 Å². The lowest BCUT2D eigenvalue weighted by molar-refractivity contribution is 0.0696. The van der Waals surface area contributed by atoms with E-state index in [1.165, 1.54) is 6.26 Å². The Hall–Kier alpha value is -2.03. The van der Waals surface area contributed by atoms with E-state index in [1.54, 1.807) is 6.92 Å². The van der Waals surface area contributed by atoms with Gasteiger partial charge in [0.1, 0.15) is 11.3 Å². The quantitative estimate of drug-likeness (QED) is 0.814. The molecule has 0 aliphatic heterocycles. The third kappa shape index (κ3) is 1.64. The molecule has 1 N–H and O–H groups in total. The molecule has 2 aromatic rings. The minimum Gasteiger partial charge on any atom is -0.478 e. The molecular formula is C12H10O3. The van der Waals surface area contributed by atoms with Crippen LogP contribution < -0.4 is 0 Å². The van der Waals surface area contributed by atoms with E-state index in [2.05, 4.69) is 0 Å². The van der Waals surface area contributed by atoms with Gasteiger partial charge in [-0.2, -0.15) is 0 Å². The molecule has 0 saturated carbocycles. The number of aryl methyl sites for hydroxylation is 1. The summed E-state index contributed by atoms with van der Waals surface area (Å²) in [5.41, 5.74) is 1.72. The molecule has 0 aliphatic carbocycles. The van der Waals surface area contributed by atoms with Gasteiger partial charge in [-0.3, -0.25) is 0 Å². The van der Waals surface area contributed by atoms with E-state index in [-0.39, 0.29) is 5.56 Å². The number of furan rings is 1. The fourth-order valence-corrected chi connectivity index (χ4v) is 1.55. The van der Waals surface area contributed by atoms with Crippen LogP contribution in [-0.2, 0) is 0 Å². The molecule has 0 spiro atoms. The van der Waals surface area contributed by atoms with Crippen molar-refractivity contribution in [2.75, 3.05) is 0 Å². The predicted octanol–water partition coefficient (Wildman–Crippen LogP) is 2.95. The average molecular weight is 202 g/mol. The van der Waals surface area contributed by atoms with Crippen molar-refractivity contribution in [3.05, 3.63) is 47.9 Å². The summed E-state index contributed by atoms with van der Waals surface area (Å²) >= 11 is 0. The first-order valence-corrected chi connectivity index (χ1v) is 4.57. The standard InChI is InChI=1S/C12H10O3/c1-8-11(12(13)14)10(7-15-8)9-5-3-2-4-6-9/h2-7H,1H3,(H,13,14). The lowest BCUT2D eigenvalue weighted by atomic mass is 10.0. The fourth-order valence-electron chi connectivity index (χ4n) is 1.55. The maximum atomic E-state index is 11.0. The van der Waals surface area contributed by atoms with Crippen LogP contribution >= 0.6 is 0 Å². The van der Waals surface area contributed by atoms with Crippen LogP contribution in [0.2, 0.25) is 0 Å². The summed E-state index contributed by atoms with van der Waals surface area (Å²) in [6.45, 7) is 1.65. The minimum atomic E-state index is -0.958. The summed E-state index contributed by atoms with van der Waals surface area (Å²) in [5, 5.41) is 9.04. The van der Waals surface area contributed by atoms with Gasteiger partial charge in [0.25, 0.3) is 0 Å². The number of rotatable bonds is 2. The van der Waals surface area contributed by atoms with Crippen LogP contribution in [0.15, 0.2) is 41.0 Å². The molecule has 0 aliphatic rings. The van der Waals surface area contributed by atoms with Crippen LogP contribution in [0.1, 0.15) is 16.1 Å². The molecule has 76 valence electrons. The molecule has 3 heteroatoms. The van der Waals surface area contributed by atoms with E-state index < -0.39 is 5.97 Å². The molecule has 15 heavy (non-hydrogen) atoms. The van der Waals surface area contributed by atoms with Gasteiger partial charge in [-0.15, -0.1) is 0 Å². The van der Waals surface area contributed by atoms with Crippen molar-refractivity contribution >= 4 is 5.97 Å². The highest BCUT2D eigenvalue weighted by molar-refractivity contribution is 5.96. The van der Waals surface area contributed by atoms with Gasteiger partial charge in [0.05, 0.1) is 6.26 Å². The van der Waals surface area contributed by atoms with Crippen LogP contribution in [0, 0.1) is 6.92 Å². The molecule has 0 unspecified atom stereocenters. The SMILES string of the molecule is Cc1occ(-c2ccccc2)c1C(=O)O. The van der Waals surface area contributed by atoms with Crippen LogP contribution in [0.3, 0.4) is 0 Å².